The van der Waals surface area contributed by atoms with E-state index in [0.717, 1.165) is 50.8 Å². The molecule has 146 valence electrons. The summed E-state index contributed by atoms with van der Waals surface area (Å²) in [5.74, 6) is 0.645. The Bertz CT molecular complexity index is 661. The second-order valence-electron chi connectivity index (χ2n) is 8.33. The lowest BCUT2D eigenvalue weighted by atomic mass is 9.84. The van der Waals surface area contributed by atoms with Crippen LogP contribution in [0.1, 0.15) is 63.4 Å². The fourth-order valence-electron chi connectivity index (χ4n) is 4.93. The maximum atomic E-state index is 12.8. The van der Waals surface area contributed by atoms with Crippen LogP contribution in [0.2, 0.25) is 0 Å². The lowest BCUT2D eigenvalue weighted by Gasteiger charge is -2.44. The normalized spacial score (nSPS) is 23.2. The van der Waals surface area contributed by atoms with Crippen LogP contribution < -0.4 is 0 Å². The van der Waals surface area contributed by atoms with Gasteiger partial charge in [0.2, 0.25) is 11.8 Å². The summed E-state index contributed by atoms with van der Waals surface area (Å²) >= 11 is 0. The van der Waals surface area contributed by atoms with Crippen LogP contribution in [0.3, 0.4) is 0 Å². The lowest BCUT2D eigenvalue weighted by molar-refractivity contribution is -0.222. The molecular formula is C22H30N2O3. The zero-order valence-electron chi connectivity index (χ0n) is 16.1. The molecule has 1 saturated carbocycles. The maximum Gasteiger partial charge on any atom is 0.246 e. The molecule has 5 heteroatoms. The van der Waals surface area contributed by atoms with Gasteiger partial charge in [-0.25, -0.2) is 5.06 Å². The van der Waals surface area contributed by atoms with E-state index in [9.17, 15) is 9.59 Å². The van der Waals surface area contributed by atoms with Gasteiger partial charge >= 0.3 is 0 Å². The first-order valence-electron chi connectivity index (χ1n) is 10.5. The van der Waals surface area contributed by atoms with E-state index in [2.05, 4.69) is 0 Å². The fraction of sp³-hybridized carbons (Fsp3) is 0.636. The molecule has 0 bridgehead atoms. The van der Waals surface area contributed by atoms with Gasteiger partial charge in [-0.15, -0.1) is 0 Å². The Morgan fingerprint density at radius 2 is 1.74 bits per heavy atom. The summed E-state index contributed by atoms with van der Waals surface area (Å²) in [6.07, 6.45) is 8.77. The monoisotopic (exact) mass is 370 g/mol. The Labute approximate surface area is 161 Å². The second kappa shape index (κ2) is 8.01. The van der Waals surface area contributed by atoms with Crippen LogP contribution in [0.25, 0.3) is 0 Å². The van der Waals surface area contributed by atoms with Crippen LogP contribution in [0, 0.1) is 5.92 Å². The number of benzene rings is 1. The number of likely N-dealkylation sites (tertiary alicyclic amines) is 1. The van der Waals surface area contributed by atoms with Crippen LogP contribution in [-0.4, -0.2) is 40.4 Å². The second-order valence-corrected chi connectivity index (χ2v) is 8.33. The van der Waals surface area contributed by atoms with Crippen molar-refractivity contribution < 1.29 is 14.4 Å². The minimum absolute atomic E-state index is 0.0815. The zero-order chi connectivity index (χ0) is 18.7. The van der Waals surface area contributed by atoms with Crippen molar-refractivity contribution in [3.8, 4) is 0 Å². The molecule has 2 aliphatic heterocycles. The fourth-order valence-corrected chi connectivity index (χ4v) is 4.93. The molecule has 2 saturated heterocycles. The first-order valence-corrected chi connectivity index (χ1v) is 10.5. The third-order valence-corrected chi connectivity index (χ3v) is 6.62. The Morgan fingerprint density at radius 3 is 2.44 bits per heavy atom. The van der Waals surface area contributed by atoms with Crippen molar-refractivity contribution in [1.29, 1.82) is 0 Å². The van der Waals surface area contributed by atoms with Gasteiger partial charge in [-0.05, 0) is 37.7 Å². The summed E-state index contributed by atoms with van der Waals surface area (Å²) in [5.41, 5.74) is 0.840. The molecule has 1 aromatic carbocycles. The van der Waals surface area contributed by atoms with Crippen molar-refractivity contribution in [3.05, 3.63) is 35.9 Å². The van der Waals surface area contributed by atoms with Crippen LogP contribution in [0.15, 0.2) is 30.3 Å². The third-order valence-electron chi connectivity index (χ3n) is 6.62. The van der Waals surface area contributed by atoms with Gasteiger partial charge in [0.25, 0.3) is 0 Å². The van der Waals surface area contributed by atoms with Crippen LogP contribution >= 0.6 is 0 Å². The van der Waals surface area contributed by atoms with Crippen molar-refractivity contribution in [2.75, 3.05) is 13.1 Å². The Balaban J connectivity index is 1.36. The number of carbonyl (C=O) groups is 2. The van der Waals surface area contributed by atoms with Gasteiger partial charge in [-0.2, -0.15) is 0 Å². The zero-order valence-corrected chi connectivity index (χ0v) is 16.1. The molecule has 1 aliphatic carbocycles. The molecule has 1 aromatic rings. The number of piperidine rings is 1. The molecule has 2 amide bonds. The number of amides is 2. The topological polar surface area (TPSA) is 49.9 Å². The highest BCUT2D eigenvalue weighted by atomic mass is 16.7. The molecule has 27 heavy (non-hydrogen) atoms. The first-order chi connectivity index (χ1) is 13.2. The van der Waals surface area contributed by atoms with E-state index in [1.807, 2.05) is 35.2 Å². The molecule has 4 rings (SSSR count). The minimum atomic E-state index is -0.227. The van der Waals surface area contributed by atoms with Gasteiger partial charge in [0.1, 0.15) is 6.61 Å². The molecular weight excluding hydrogens is 340 g/mol. The molecule has 3 fully saturated rings. The third kappa shape index (κ3) is 3.88. The molecule has 0 atom stereocenters. The van der Waals surface area contributed by atoms with E-state index < -0.39 is 0 Å². The highest BCUT2D eigenvalue weighted by Crippen LogP contribution is 2.40. The summed E-state index contributed by atoms with van der Waals surface area (Å²) < 4.78 is 0. The largest absolute Gasteiger partial charge is 0.342 e. The summed E-state index contributed by atoms with van der Waals surface area (Å²) in [7, 11) is 0. The Morgan fingerprint density at radius 1 is 1.04 bits per heavy atom. The molecule has 0 unspecified atom stereocenters. The number of hydrogen-bond acceptors (Lipinski definition) is 3. The average molecular weight is 370 g/mol. The lowest BCUT2D eigenvalue weighted by Crippen LogP contribution is -2.54. The molecule has 5 nitrogen and oxygen atoms in total. The molecule has 0 N–H and O–H groups in total. The Hall–Kier alpha value is -1.88. The standard InChI is InChI=1S/C22H30N2O3/c25-20-11-12-22(24(20)27-17-18-7-3-1-4-8-18)13-15-23(16-14-22)21(26)19-9-5-2-6-10-19/h1,3-4,7-8,19H,2,5-6,9-17H2. The van der Waals surface area contributed by atoms with E-state index in [4.69, 9.17) is 4.84 Å². The van der Waals surface area contributed by atoms with Gasteiger partial charge < -0.3 is 4.90 Å². The highest BCUT2D eigenvalue weighted by Gasteiger charge is 2.49. The van der Waals surface area contributed by atoms with Crippen LogP contribution in [0.4, 0.5) is 0 Å². The van der Waals surface area contributed by atoms with Crippen molar-refractivity contribution >= 4 is 11.8 Å². The quantitative estimate of drug-likeness (QED) is 0.812. The van der Waals surface area contributed by atoms with Crippen molar-refractivity contribution in [3.63, 3.8) is 0 Å². The predicted octanol–water partition coefficient (Wildman–Crippen LogP) is 3.68. The average Bonchev–Trinajstić information content (AvgIpc) is 3.03. The Kier molecular flexibility index (Phi) is 5.48. The van der Waals surface area contributed by atoms with Gasteiger partial charge in [0.15, 0.2) is 0 Å². The minimum Gasteiger partial charge on any atom is -0.342 e. The van der Waals surface area contributed by atoms with E-state index in [0.29, 0.717) is 18.9 Å². The van der Waals surface area contributed by atoms with Crippen molar-refractivity contribution in [2.45, 2.75) is 69.9 Å². The van der Waals surface area contributed by atoms with Gasteiger partial charge in [-0.1, -0.05) is 49.6 Å². The molecule has 2 heterocycles. The van der Waals surface area contributed by atoms with Crippen LogP contribution in [-0.2, 0) is 21.0 Å². The summed E-state index contributed by atoms with van der Waals surface area (Å²) in [5, 5.41) is 1.66. The highest BCUT2D eigenvalue weighted by molar-refractivity contribution is 5.80. The SMILES string of the molecule is O=C(C1CCCCC1)N1CCC2(CCC(=O)N2OCc2ccccc2)CC1. The van der Waals surface area contributed by atoms with E-state index in [1.54, 1.807) is 5.06 Å². The maximum absolute atomic E-state index is 12.8. The molecule has 3 aliphatic rings. The predicted molar refractivity (Wildman–Crippen MR) is 102 cm³/mol. The van der Waals surface area contributed by atoms with Gasteiger partial charge in [-0.3, -0.25) is 14.4 Å². The van der Waals surface area contributed by atoms with Crippen molar-refractivity contribution in [2.24, 2.45) is 5.92 Å². The smallest absolute Gasteiger partial charge is 0.246 e. The number of rotatable bonds is 4. The molecule has 1 spiro atoms. The number of carbonyl (C=O) groups excluding carboxylic acids is 2. The van der Waals surface area contributed by atoms with Crippen molar-refractivity contribution in [1.82, 2.24) is 9.96 Å². The van der Waals surface area contributed by atoms with Crippen LogP contribution in [0.5, 0.6) is 0 Å². The summed E-state index contributed by atoms with van der Waals surface area (Å²) in [6, 6.07) is 9.97. The van der Waals surface area contributed by atoms with E-state index >= 15 is 0 Å². The first kappa shape index (κ1) is 18.5. The van der Waals surface area contributed by atoms with E-state index in [1.165, 1.54) is 19.3 Å². The van der Waals surface area contributed by atoms with E-state index in [-0.39, 0.29) is 17.4 Å². The summed E-state index contributed by atoms with van der Waals surface area (Å²) in [6.45, 7) is 1.90. The molecule has 0 radical (unpaired) electrons. The van der Waals surface area contributed by atoms with Gasteiger partial charge in [0, 0.05) is 25.4 Å². The van der Waals surface area contributed by atoms with Gasteiger partial charge in [0.05, 0.1) is 5.54 Å². The molecule has 0 aromatic heterocycles. The number of nitrogens with zero attached hydrogens (tertiary/aromatic N) is 2. The summed E-state index contributed by atoms with van der Waals surface area (Å²) in [4.78, 5) is 33.3. The number of hydroxylamine groups is 2. The number of hydrogen-bond donors (Lipinski definition) is 0.